The van der Waals surface area contributed by atoms with Gasteiger partial charge in [-0.05, 0) is 19.4 Å². The van der Waals surface area contributed by atoms with Crippen LogP contribution in [0.1, 0.15) is 32.1 Å². The maximum absolute atomic E-state index is 11.3. The first-order valence-electron chi connectivity index (χ1n) is 7.27. The Morgan fingerprint density at radius 1 is 0.917 bits per heavy atom. The summed E-state index contributed by atoms with van der Waals surface area (Å²) < 4.78 is 0. The zero-order chi connectivity index (χ0) is 19.1. The lowest BCUT2D eigenvalue weighted by atomic mass is 10.1. The van der Waals surface area contributed by atoms with Crippen LogP contribution in [0.3, 0.4) is 0 Å². The zero-order valence-electron chi connectivity index (χ0n) is 13.3. The molecule has 11 nitrogen and oxygen atoms in total. The number of amides is 1. The summed E-state index contributed by atoms with van der Waals surface area (Å²) in [6.45, 7) is 0.714. The molecule has 0 fully saturated rings. The molecule has 2 atom stereocenters. The fourth-order valence-corrected chi connectivity index (χ4v) is 1.34. The second-order valence-corrected chi connectivity index (χ2v) is 4.87. The van der Waals surface area contributed by atoms with Crippen LogP contribution in [0.15, 0.2) is 0 Å². The van der Waals surface area contributed by atoms with Gasteiger partial charge in [0.1, 0.15) is 6.04 Å². The topological polar surface area (TPSA) is 219 Å². The Hall–Kier alpha value is -2.24. The molecule has 0 aliphatic rings. The highest BCUT2D eigenvalue weighted by Gasteiger charge is 2.14. The van der Waals surface area contributed by atoms with Crippen molar-refractivity contribution in [1.82, 2.24) is 5.32 Å². The molecule has 1 amide bonds. The van der Waals surface area contributed by atoms with E-state index in [1.54, 1.807) is 0 Å². The SMILES string of the molecule is NC(CC(=O)O)C(=O)O.NCCCC[C@H](N)C(=O)NCCC(=O)O. The van der Waals surface area contributed by atoms with Crippen molar-refractivity contribution in [2.24, 2.45) is 17.2 Å². The molecular weight excluding hydrogens is 324 g/mol. The first-order valence-corrected chi connectivity index (χ1v) is 7.27. The predicted octanol–water partition coefficient (Wildman–Crippen LogP) is -2.09. The molecule has 1 unspecified atom stereocenters. The summed E-state index contributed by atoms with van der Waals surface area (Å²) in [7, 11) is 0. The summed E-state index contributed by atoms with van der Waals surface area (Å²) in [6, 6.07) is -1.85. The lowest BCUT2D eigenvalue weighted by Gasteiger charge is -2.10. The minimum absolute atomic E-state index is 0.0821. The molecular formula is C13H26N4O7. The molecule has 0 aliphatic carbocycles. The first-order chi connectivity index (χ1) is 11.1. The molecule has 0 aromatic carbocycles. The van der Waals surface area contributed by atoms with E-state index in [0.717, 1.165) is 12.8 Å². The normalized spacial score (nSPS) is 12.3. The number of carbonyl (C=O) groups is 4. The van der Waals surface area contributed by atoms with Crippen molar-refractivity contribution in [2.75, 3.05) is 13.1 Å². The van der Waals surface area contributed by atoms with Crippen LogP contribution in [0.4, 0.5) is 0 Å². The number of rotatable bonds is 11. The minimum Gasteiger partial charge on any atom is -0.481 e. The number of nitrogens with two attached hydrogens (primary N) is 3. The van der Waals surface area contributed by atoms with Crippen LogP contribution < -0.4 is 22.5 Å². The molecule has 10 N–H and O–H groups in total. The number of carbonyl (C=O) groups excluding carboxylic acids is 1. The zero-order valence-corrected chi connectivity index (χ0v) is 13.3. The van der Waals surface area contributed by atoms with Crippen LogP contribution in [0.25, 0.3) is 0 Å². The molecule has 0 spiro atoms. The molecule has 0 saturated carbocycles. The molecule has 0 aromatic heterocycles. The van der Waals surface area contributed by atoms with E-state index in [9.17, 15) is 19.2 Å². The van der Waals surface area contributed by atoms with Crippen molar-refractivity contribution in [3.8, 4) is 0 Å². The average molecular weight is 350 g/mol. The van der Waals surface area contributed by atoms with E-state index in [1.807, 2.05) is 0 Å². The summed E-state index contributed by atoms with van der Waals surface area (Å²) in [6.07, 6.45) is 1.62. The lowest BCUT2D eigenvalue weighted by Crippen LogP contribution is -2.41. The van der Waals surface area contributed by atoms with E-state index in [4.69, 9.17) is 32.5 Å². The third-order valence-corrected chi connectivity index (χ3v) is 2.66. The van der Waals surface area contributed by atoms with Crippen LogP contribution in [0, 0.1) is 0 Å². The number of nitrogens with one attached hydrogen (secondary N) is 1. The quantitative estimate of drug-likeness (QED) is 0.201. The largest absolute Gasteiger partial charge is 0.481 e. The molecule has 0 rings (SSSR count). The molecule has 0 heterocycles. The number of unbranched alkanes of at least 4 members (excludes halogenated alkanes) is 1. The Labute approximate surface area is 139 Å². The number of carboxylic acids is 3. The van der Waals surface area contributed by atoms with Gasteiger partial charge in [-0.2, -0.15) is 0 Å². The van der Waals surface area contributed by atoms with E-state index in [-0.39, 0.29) is 18.9 Å². The first kappa shape index (κ1) is 24.0. The molecule has 0 radical (unpaired) electrons. The highest BCUT2D eigenvalue weighted by Crippen LogP contribution is 1.97. The summed E-state index contributed by atoms with van der Waals surface area (Å²) in [5, 5.41) is 26.8. The Bertz CT molecular complexity index is 417. The number of aliphatic carboxylic acids is 3. The van der Waals surface area contributed by atoms with Crippen molar-refractivity contribution in [2.45, 2.75) is 44.2 Å². The van der Waals surface area contributed by atoms with Crippen LogP contribution in [0.2, 0.25) is 0 Å². The van der Waals surface area contributed by atoms with E-state index < -0.39 is 36.4 Å². The Morgan fingerprint density at radius 3 is 1.88 bits per heavy atom. The van der Waals surface area contributed by atoms with Gasteiger partial charge in [0.05, 0.1) is 18.9 Å². The summed E-state index contributed by atoms with van der Waals surface area (Å²) in [4.78, 5) is 41.0. The molecule has 0 aromatic rings. The maximum atomic E-state index is 11.3. The van der Waals surface area contributed by atoms with Crippen molar-refractivity contribution in [3.05, 3.63) is 0 Å². The summed E-state index contributed by atoms with van der Waals surface area (Å²) in [5.41, 5.74) is 15.7. The second-order valence-electron chi connectivity index (χ2n) is 4.87. The van der Waals surface area contributed by atoms with Gasteiger partial charge in [-0.25, -0.2) is 0 Å². The molecule has 0 bridgehead atoms. The Kier molecular flexibility index (Phi) is 14.4. The summed E-state index contributed by atoms with van der Waals surface area (Å²) in [5.74, 6) is -3.73. The van der Waals surface area contributed by atoms with Crippen LogP contribution >= 0.6 is 0 Å². The second kappa shape index (κ2) is 14.4. The molecule has 140 valence electrons. The van der Waals surface area contributed by atoms with E-state index in [1.165, 1.54) is 0 Å². The van der Waals surface area contributed by atoms with Gasteiger partial charge in [-0.1, -0.05) is 6.42 Å². The predicted molar refractivity (Wildman–Crippen MR) is 84.0 cm³/mol. The van der Waals surface area contributed by atoms with Gasteiger partial charge in [-0.15, -0.1) is 0 Å². The van der Waals surface area contributed by atoms with Gasteiger partial charge in [0.15, 0.2) is 0 Å². The molecule has 11 heteroatoms. The Morgan fingerprint density at radius 2 is 1.50 bits per heavy atom. The van der Waals surface area contributed by atoms with Crippen molar-refractivity contribution in [3.63, 3.8) is 0 Å². The standard InChI is InChI=1S/C9H19N3O3.C4H7NO4/c10-5-2-1-3-7(11)9(15)12-6-4-8(13)14;5-2(4(8)9)1-3(6)7/h7H,1-6,10-11H2,(H,12,15)(H,13,14);2H,1,5H2,(H,6,7)(H,8,9)/t7-;/m0./s1. The van der Waals surface area contributed by atoms with Gasteiger partial charge in [0, 0.05) is 6.54 Å². The van der Waals surface area contributed by atoms with Crippen LogP contribution in [-0.2, 0) is 19.2 Å². The van der Waals surface area contributed by atoms with E-state index >= 15 is 0 Å². The van der Waals surface area contributed by atoms with E-state index in [0.29, 0.717) is 13.0 Å². The van der Waals surface area contributed by atoms with Crippen molar-refractivity contribution in [1.29, 1.82) is 0 Å². The van der Waals surface area contributed by atoms with E-state index in [2.05, 4.69) is 5.32 Å². The average Bonchev–Trinajstić information content (AvgIpc) is 2.46. The lowest BCUT2D eigenvalue weighted by molar-refractivity contribution is -0.144. The molecule has 0 saturated heterocycles. The van der Waals surface area contributed by atoms with Crippen LogP contribution in [0.5, 0.6) is 0 Å². The highest BCUT2D eigenvalue weighted by atomic mass is 16.4. The number of hydrogen-bond donors (Lipinski definition) is 7. The minimum atomic E-state index is -1.29. The third-order valence-electron chi connectivity index (χ3n) is 2.66. The maximum Gasteiger partial charge on any atom is 0.321 e. The molecule has 0 aliphatic heterocycles. The highest BCUT2D eigenvalue weighted by molar-refractivity contribution is 5.82. The third kappa shape index (κ3) is 16.1. The van der Waals surface area contributed by atoms with Crippen LogP contribution in [-0.4, -0.2) is 64.3 Å². The van der Waals surface area contributed by atoms with Gasteiger partial charge >= 0.3 is 17.9 Å². The fraction of sp³-hybridized carbons (Fsp3) is 0.692. The monoisotopic (exact) mass is 350 g/mol. The Balaban J connectivity index is 0. The number of hydrogen-bond acceptors (Lipinski definition) is 7. The van der Waals surface area contributed by atoms with Gasteiger partial charge < -0.3 is 37.8 Å². The van der Waals surface area contributed by atoms with Gasteiger partial charge in [0.2, 0.25) is 5.91 Å². The summed E-state index contributed by atoms with van der Waals surface area (Å²) >= 11 is 0. The van der Waals surface area contributed by atoms with Gasteiger partial charge in [-0.3, -0.25) is 19.2 Å². The molecule has 24 heavy (non-hydrogen) atoms. The van der Waals surface area contributed by atoms with Crippen molar-refractivity contribution < 1.29 is 34.5 Å². The smallest absolute Gasteiger partial charge is 0.321 e. The number of carboxylic acid groups (broad SMARTS) is 3. The van der Waals surface area contributed by atoms with Gasteiger partial charge in [0.25, 0.3) is 0 Å². The van der Waals surface area contributed by atoms with Crippen molar-refractivity contribution >= 4 is 23.8 Å². The fourth-order valence-electron chi connectivity index (χ4n) is 1.34.